The summed E-state index contributed by atoms with van der Waals surface area (Å²) in [7, 11) is 4.03. The van der Waals surface area contributed by atoms with Crippen LogP contribution < -0.4 is 0 Å². The van der Waals surface area contributed by atoms with Gasteiger partial charge in [0.05, 0.1) is 6.54 Å². The summed E-state index contributed by atoms with van der Waals surface area (Å²) in [6, 6.07) is 0. The van der Waals surface area contributed by atoms with Crippen molar-refractivity contribution in [3.8, 4) is 0 Å². The average molecular weight is 283 g/mol. The molecule has 1 heterocycles. The van der Waals surface area contributed by atoms with E-state index < -0.39 is 0 Å². The van der Waals surface area contributed by atoms with Crippen LogP contribution in [0.2, 0.25) is 0 Å². The van der Waals surface area contributed by atoms with Crippen molar-refractivity contribution in [1.29, 1.82) is 0 Å². The number of likely N-dealkylation sites (tertiary alicyclic amines) is 1. The van der Waals surface area contributed by atoms with Gasteiger partial charge in [0.2, 0.25) is 11.8 Å². The predicted molar refractivity (Wildman–Crippen MR) is 80.5 cm³/mol. The van der Waals surface area contributed by atoms with Gasteiger partial charge in [-0.3, -0.25) is 9.59 Å². The van der Waals surface area contributed by atoms with Gasteiger partial charge in [0.25, 0.3) is 0 Å². The van der Waals surface area contributed by atoms with E-state index >= 15 is 0 Å². The second-order valence-corrected chi connectivity index (χ2v) is 5.89. The molecule has 5 nitrogen and oxygen atoms in total. The molecule has 0 aromatic carbocycles. The smallest absolute Gasteiger partial charge is 0.242 e. The van der Waals surface area contributed by atoms with Crippen molar-refractivity contribution >= 4 is 11.8 Å². The van der Waals surface area contributed by atoms with Crippen LogP contribution in [0.1, 0.15) is 39.0 Å². The molecule has 1 aliphatic rings. The Morgan fingerprint density at radius 1 is 1.00 bits per heavy atom. The van der Waals surface area contributed by atoms with Gasteiger partial charge in [0, 0.05) is 26.6 Å². The van der Waals surface area contributed by atoms with E-state index in [0.717, 1.165) is 38.9 Å². The molecule has 1 fully saturated rings. The van der Waals surface area contributed by atoms with Gasteiger partial charge in [-0.15, -0.1) is 0 Å². The first-order valence-electron chi connectivity index (χ1n) is 7.68. The van der Waals surface area contributed by atoms with Gasteiger partial charge in [-0.2, -0.15) is 0 Å². The highest BCUT2D eigenvalue weighted by molar-refractivity contribution is 5.83. The Morgan fingerprint density at radius 3 is 2.10 bits per heavy atom. The number of nitrogens with zero attached hydrogens (tertiary/aromatic N) is 3. The summed E-state index contributed by atoms with van der Waals surface area (Å²) in [5, 5.41) is 0. The number of rotatable bonds is 6. The fraction of sp³-hybridized carbons (Fsp3) is 0.867. The summed E-state index contributed by atoms with van der Waals surface area (Å²) in [5.41, 5.74) is 0. The summed E-state index contributed by atoms with van der Waals surface area (Å²) in [6.07, 6.45) is 5.50. The van der Waals surface area contributed by atoms with Crippen LogP contribution in [0, 0.1) is 0 Å². The van der Waals surface area contributed by atoms with Crippen LogP contribution in [-0.4, -0.2) is 73.3 Å². The van der Waals surface area contributed by atoms with Crippen LogP contribution in [0.5, 0.6) is 0 Å². The maximum Gasteiger partial charge on any atom is 0.242 e. The van der Waals surface area contributed by atoms with Crippen molar-refractivity contribution in [2.45, 2.75) is 39.0 Å². The van der Waals surface area contributed by atoms with E-state index in [9.17, 15) is 9.59 Å². The minimum Gasteiger partial charge on any atom is -0.341 e. The highest BCUT2D eigenvalue weighted by Gasteiger charge is 2.19. The lowest BCUT2D eigenvalue weighted by Crippen LogP contribution is -2.43. The molecular weight excluding hydrogens is 254 g/mol. The van der Waals surface area contributed by atoms with Crippen LogP contribution >= 0.6 is 0 Å². The monoisotopic (exact) mass is 283 g/mol. The second kappa shape index (κ2) is 8.95. The van der Waals surface area contributed by atoms with Gasteiger partial charge in [0.15, 0.2) is 0 Å². The third-order valence-electron chi connectivity index (χ3n) is 3.76. The predicted octanol–water partition coefficient (Wildman–Crippen LogP) is 1.19. The molecule has 0 radical (unpaired) electrons. The molecule has 0 saturated carbocycles. The second-order valence-electron chi connectivity index (χ2n) is 5.89. The topological polar surface area (TPSA) is 43.9 Å². The largest absolute Gasteiger partial charge is 0.341 e. The van der Waals surface area contributed by atoms with E-state index in [4.69, 9.17) is 0 Å². The first-order chi connectivity index (χ1) is 9.50. The Bertz CT molecular complexity index is 310. The van der Waals surface area contributed by atoms with E-state index in [1.54, 1.807) is 11.8 Å². The fourth-order valence-electron chi connectivity index (χ4n) is 2.51. The van der Waals surface area contributed by atoms with Gasteiger partial charge in [-0.1, -0.05) is 12.8 Å². The molecule has 0 aliphatic carbocycles. The minimum absolute atomic E-state index is 0.00747. The molecule has 0 aromatic rings. The molecular formula is C15H29N3O2. The van der Waals surface area contributed by atoms with Gasteiger partial charge in [-0.05, 0) is 39.9 Å². The molecule has 0 aromatic heterocycles. The number of carbonyl (C=O) groups is 2. The fourth-order valence-corrected chi connectivity index (χ4v) is 2.51. The van der Waals surface area contributed by atoms with Gasteiger partial charge < -0.3 is 14.7 Å². The lowest BCUT2D eigenvalue weighted by Gasteiger charge is -2.26. The van der Waals surface area contributed by atoms with Gasteiger partial charge in [0.1, 0.15) is 0 Å². The van der Waals surface area contributed by atoms with Gasteiger partial charge >= 0.3 is 0 Å². The zero-order valence-corrected chi connectivity index (χ0v) is 13.2. The number of carbonyl (C=O) groups excluding carboxylic acids is 2. The van der Waals surface area contributed by atoms with Crippen molar-refractivity contribution in [2.24, 2.45) is 0 Å². The van der Waals surface area contributed by atoms with E-state index in [0.29, 0.717) is 6.54 Å². The Hall–Kier alpha value is -1.10. The molecule has 0 N–H and O–H groups in total. The summed E-state index contributed by atoms with van der Waals surface area (Å²) < 4.78 is 0. The molecule has 1 saturated heterocycles. The Kier molecular flexibility index (Phi) is 7.59. The third kappa shape index (κ3) is 6.37. The van der Waals surface area contributed by atoms with E-state index in [-0.39, 0.29) is 18.4 Å². The molecule has 0 spiro atoms. The lowest BCUT2D eigenvalue weighted by atomic mass is 10.2. The molecule has 116 valence electrons. The molecule has 2 amide bonds. The lowest BCUT2D eigenvalue weighted by molar-refractivity contribution is -0.139. The highest BCUT2D eigenvalue weighted by atomic mass is 16.2. The summed E-state index contributed by atoms with van der Waals surface area (Å²) in [6.45, 7) is 5.08. The Morgan fingerprint density at radius 2 is 1.60 bits per heavy atom. The maximum absolute atomic E-state index is 12.3. The molecule has 1 rings (SSSR count). The van der Waals surface area contributed by atoms with Crippen molar-refractivity contribution < 1.29 is 9.59 Å². The summed E-state index contributed by atoms with van der Waals surface area (Å²) >= 11 is 0. The quantitative estimate of drug-likeness (QED) is 0.735. The zero-order chi connectivity index (χ0) is 15.0. The van der Waals surface area contributed by atoms with Crippen LogP contribution in [0.3, 0.4) is 0 Å². The normalized spacial score (nSPS) is 16.1. The standard InChI is InChI=1S/C15H29N3O2/c1-14(19)18(12-8-9-16(2)3)13-15(20)17-10-6-4-5-7-11-17/h4-13H2,1-3H3. The zero-order valence-electron chi connectivity index (χ0n) is 13.2. The first-order valence-corrected chi connectivity index (χ1v) is 7.68. The maximum atomic E-state index is 12.3. The third-order valence-corrected chi connectivity index (χ3v) is 3.76. The highest BCUT2D eigenvalue weighted by Crippen LogP contribution is 2.10. The Balaban J connectivity index is 2.42. The van der Waals surface area contributed by atoms with Gasteiger partial charge in [-0.25, -0.2) is 0 Å². The van der Waals surface area contributed by atoms with Crippen molar-refractivity contribution in [3.05, 3.63) is 0 Å². The minimum atomic E-state index is -0.00747. The summed E-state index contributed by atoms with van der Waals surface area (Å²) in [5.74, 6) is 0.0962. The SMILES string of the molecule is CC(=O)N(CCCN(C)C)CC(=O)N1CCCCCC1. The number of hydrogen-bond acceptors (Lipinski definition) is 3. The molecule has 0 bridgehead atoms. The van der Waals surface area contributed by atoms with Crippen LogP contribution in [0.4, 0.5) is 0 Å². The molecule has 0 unspecified atom stereocenters. The molecule has 1 aliphatic heterocycles. The van der Waals surface area contributed by atoms with E-state index in [2.05, 4.69) is 4.90 Å². The van der Waals surface area contributed by atoms with E-state index in [1.165, 1.54) is 12.8 Å². The molecule has 0 atom stereocenters. The summed E-state index contributed by atoms with van der Waals surface area (Å²) in [4.78, 5) is 29.6. The first kappa shape index (κ1) is 17.0. The van der Waals surface area contributed by atoms with Crippen LogP contribution in [-0.2, 0) is 9.59 Å². The van der Waals surface area contributed by atoms with Crippen molar-refractivity contribution in [3.63, 3.8) is 0 Å². The van der Waals surface area contributed by atoms with E-state index in [1.807, 2.05) is 19.0 Å². The Labute approximate surface area is 122 Å². The number of amides is 2. The van der Waals surface area contributed by atoms with Crippen LogP contribution in [0.25, 0.3) is 0 Å². The number of hydrogen-bond donors (Lipinski definition) is 0. The van der Waals surface area contributed by atoms with Crippen molar-refractivity contribution in [1.82, 2.24) is 14.7 Å². The average Bonchev–Trinajstić information content (AvgIpc) is 2.65. The molecule has 20 heavy (non-hydrogen) atoms. The molecule has 5 heteroatoms. The van der Waals surface area contributed by atoms with Crippen molar-refractivity contribution in [2.75, 3.05) is 46.8 Å². The van der Waals surface area contributed by atoms with Crippen LogP contribution in [0.15, 0.2) is 0 Å².